The molecule has 0 aliphatic carbocycles. The molecule has 1 aliphatic rings. The quantitative estimate of drug-likeness (QED) is 0.686. The Labute approximate surface area is 121 Å². The van der Waals surface area contributed by atoms with Gasteiger partial charge in [0, 0.05) is 31.2 Å². The standard InChI is InChI=1S/C12H24N4O2.ClH/c1-9-7-16(6-5-13-9)8-10(17)14-11(18)15-12(2,3)4;/h9,13H,5-8H2,1-4H3,(H2,14,15,17,18);1H. The average molecular weight is 293 g/mol. The summed E-state index contributed by atoms with van der Waals surface area (Å²) in [7, 11) is 0. The fourth-order valence-corrected chi connectivity index (χ4v) is 1.90. The van der Waals surface area contributed by atoms with E-state index in [1.54, 1.807) is 0 Å². The van der Waals surface area contributed by atoms with Crippen molar-refractivity contribution in [3.8, 4) is 0 Å². The number of nitrogens with one attached hydrogen (secondary N) is 3. The Kier molecular flexibility index (Phi) is 7.33. The number of carbonyl (C=O) groups excluding carboxylic acids is 2. The molecule has 1 atom stereocenters. The van der Waals surface area contributed by atoms with Gasteiger partial charge in [-0.15, -0.1) is 12.4 Å². The lowest BCUT2D eigenvalue weighted by Crippen LogP contribution is -2.54. The lowest BCUT2D eigenvalue weighted by atomic mass is 10.1. The maximum absolute atomic E-state index is 11.7. The largest absolute Gasteiger partial charge is 0.333 e. The normalized spacial score (nSPS) is 20.3. The molecule has 0 aromatic heterocycles. The van der Waals surface area contributed by atoms with Gasteiger partial charge in [-0.1, -0.05) is 0 Å². The van der Waals surface area contributed by atoms with Crippen LogP contribution in [-0.4, -0.2) is 54.6 Å². The van der Waals surface area contributed by atoms with Gasteiger partial charge in [0.05, 0.1) is 6.54 Å². The Morgan fingerprint density at radius 1 is 1.37 bits per heavy atom. The Morgan fingerprint density at radius 2 is 2.00 bits per heavy atom. The van der Waals surface area contributed by atoms with Crippen LogP contribution in [0, 0.1) is 0 Å². The van der Waals surface area contributed by atoms with E-state index in [4.69, 9.17) is 0 Å². The molecule has 19 heavy (non-hydrogen) atoms. The molecule has 1 saturated heterocycles. The third-order valence-electron chi connectivity index (χ3n) is 2.56. The van der Waals surface area contributed by atoms with Crippen LogP contribution in [0.2, 0.25) is 0 Å². The second kappa shape index (κ2) is 7.67. The summed E-state index contributed by atoms with van der Waals surface area (Å²) in [5.41, 5.74) is -0.339. The third kappa shape index (κ3) is 8.02. The van der Waals surface area contributed by atoms with Crippen LogP contribution in [0.1, 0.15) is 27.7 Å². The van der Waals surface area contributed by atoms with Crippen molar-refractivity contribution in [2.24, 2.45) is 0 Å². The molecular weight excluding hydrogens is 268 g/mol. The number of hydrogen-bond donors (Lipinski definition) is 3. The van der Waals surface area contributed by atoms with Gasteiger partial charge in [0.15, 0.2) is 0 Å². The summed E-state index contributed by atoms with van der Waals surface area (Å²) in [6.45, 7) is 10.5. The van der Waals surface area contributed by atoms with Crippen molar-refractivity contribution in [1.82, 2.24) is 20.9 Å². The summed E-state index contributed by atoms with van der Waals surface area (Å²) in [6, 6.07) is -0.0503. The Morgan fingerprint density at radius 3 is 2.53 bits per heavy atom. The Hall–Kier alpha value is -0.850. The van der Waals surface area contributed by atoms with Crippen LogP contribution < -0.4 is 16.0 Å². The molecule has 7 heteroatoms. The van der Waals surface area contributed by atoms with Gasteiger partial charge in [-0.05, 0) is 27.7 Å². The van der Waals surface area contributed by atoms with Crippen LogP contribution in [0.3, 0.4) is 0 Å². The number of halogens is 1. The molecule has 0 aromatic rings. The van der Waals surface area contributed by atoms with Gasteiger partial charge in [0.1, 0.15) is 0 Å². The van der Waals surface area contributed by atoms with Crippen LogP contribution in [-0.2, 0) is 4.79 Å². The first-order chi connectivity index (χ1) is 8.26. The number of nitrogens with zero attached hydrogens (tertiary/aromatic N) is 1. The Balaban J connectivity index is 0.00000324. The van der Waals surface area contributed by atoms with E-state index < -0.39 is 6.03 Å². The first-order valence-electron chi connectivity index (χ1n) is 6.34. The van der Waals surface area contributed by atoms with Crippen molar-refractivity contribution < 1.29 is 9.59 Å². The highest BCUT2D eigenvalue weighted by Gasteiger charge is 2.20. The van der Waals surface area contributed by atoms with E-state index in [0.717, 1.165) is 19.6 Å². The molecule has 3 N–H and O–H groups in total. The predicted octanol–water partition coefficient (Wildman–Crippen LogP) is 0.326. The molecule has 0 bridgehead atoms. The highest BCUT2D eigenvalue weighted by atomic mass is 35.5. The zero-order chi connectivity index (χ0) is 13.8. The average Bonchev–Trinajstić information content (AvgIpc) is 2.13. The summed E-state index contributed by atoms with van der Waals surface area (Å²) >= 11 is 0. The molecule has 0 saturated carbocycles. The smallest absolute Gasteiger partial charge is 0.321 e. The minimum absolute atomic E-state index is 0. The summed E-state index contributed by atoms with van der Waals surface area (Å²) in [4.78, 5) is 25.2. The fourth-order valence-electron chi connectivity index (χ4n) is 1.90. The molecule has 3 amide bonds. The van der Waals surface area contributed by atoms with Crippen LogP contribution in [0.4, 0.5) is 4.79 Å². The topological polar surface area (TPSA) is 73.5 Å². The highest BCUT2D eigenvalue weighted by Crippen LogP contribution is 1.99. The zero-order valence-electron chi connectivity index (χ0n) is 12.1. The van der Waals surface area contributed by atoms with Gasteiger partial charge >= 0.3 is 6.03 Å². The SMILES string of the molecule is CC1CN(CC(=O)NC(=O)NC(C)(C)C)CCN1.Cl. The van der Waals surface area contributed by atoms with E-state index >= 15 is 0 Å². The van der Waals surface area contributed by atoms with Crippen molar-refractivity contribution >= 4 is 24.3 Å². The summed E-state index contributed by atoms with van der Waals surface area (Å²) in [6.07, 6.45) is 0. The maximum Gasteiger partial charge on any atom is 0.321 e. The summed E-state index contributed by atoms with van der Waals surface area (Å²) in [5.74, 6) is -0.258. The third-order valence-corrected chi connectivity index (χ3v) is 2.56. The second-order valence-electron chi connectivity index (χ2n) is 5.84. The molecule has 0 radical (unpaired) electrons. The monoisotopic (exact) mass is 292 g/mol. The summed E-state index contributed by atoms with van der Waals surface area (Å²) in [5, 5.41) is 8.35. The van der Waals surface area contributed by atoms with Gasteiger partial charge in [-0.3, -0.25) is 15.0 Å². The van der Waals surface area contributed by atoms with Crippen molar-refractivity contribution in [3.05, 3.63) is 0 Å². The number of imide groups is 1. The van der Waals surface area contributed by atoms with E-state index in [2.05, 4.69) is 22.9 Å². The van der Waals surface area contributed by atoms with E-state index in [0.29, 0.717) is 6.04 Å². The molecule has 112 valence electrons. The first-order valence-corrected chi connectivity index (χ1v) is 6.34. The van der Waals surface area contributed by atoms with Crippen molar-refractivity contribution in [2.75, 3.05) is 26.2 Å². The number of rotatable bonds is 2. The molecule has 6 nitrogen and oxygen atoms in total. The van der Waals surface area contributed by atoms with Crippen LogP contribution in [0.5, 0.6) is 0 Å². The minimum Gasteiger partial charge on any atom is -0.333 e. The van der Waals surface area contributed by atoms with Crippen LogP contribution >= 0.6 is 12.4 Å². The lowest BCUT2D eigenvalue weighted by molar-refractivity contribution is -0.121. The maximum atomic E-state index is 11.7. The highest BCUT2D eigenvalue weighted by molar-refractivity contribution is 5.95. The predicted molar refractivity (Wildman–Crippen MR) is 77.6 cm³/mol. The molecule has 1 unspecified atom stereocenters. The lowest BCUT2D eigenvalue weighted by Gasteiger charge is -2.31. The van der Waals surface area contributed by atoms with E-state index in [9.17, 15) is 9.59 Å². The van der Waals surface area contributed by atoms with Crippen molar-refractivity contribution in [3.63, 3.8) is 0 Å². The van der Waals surface area contributed by atoms with Crippen LogP contribution in [0.15, 0.2) is 0 Å². The minimum atomic E-state index is -0.435. The first kappa shape index (κ1) is 18.1. The zero-order valence-corrected chi connectivity index (χ0v) is 12.9. The van der Waals surface area contributed by atoms with Crippen molar-refractivity contribution in [1.29, 1.82) is 0 Å². The van der Waals surface area contributed by atoms with Crippen molar-refractivity contribution in [2.45, 2.75) is 39.3 Å². The number of hydrogen-bond acceptors (Lipinski definition) is 4. The van der Waals surface area contributed by atoms with E-state index in [1.807, 2.05) is 25.7 Å². The molecule has 1 heterocycles. The number of amides is 3. The number of carbonyl (C=O) groups is 2. The van der Waals surface area contributed by atoms with E-state index in [1.165, 1.54) is 0 Å². The van der Waals surface area contributed by atoms with E-state index in [-0.39, 0.29) is 30.4 Å². The van der Waals surface area contributed by atoms with Crippen LogP contribution in [0.25, 0.3) is 0 Å². The molecule has 0 aromatic carbocycles. The Bertz CT molecular complexity index is 317. The van der Waals surface area contributed by atoms with Gasteiger partial charge in [-0.2, -0.15) is 0 Å². The number of piperazine rings is 1. The molecule has 1 fully saturated rings. The van der Waals surface area contributed by atoms with Gasteiger partial charge in [0.2, 0.25) is 5.91 Å². The second-order valence-corrected chi connectivity index (χ2v) is 5.84. The fraction of sp³-hybridized carbons (Fsp3) is 0.833. The van der Waals surface area contributed by atoms with Gasteiger partial charge in [0.25, 0.3) is 0 Å². The van der Waals surface area contributed by atoms with Gasteiger partial charge in [-0.25, -0.2) is 4.79 Å². The molecule has 1 rings (SSSR count). The number of urea groups is 1. The molecule has 0 spiro atoms. The van der Waals surface area contributed by atoms with Gasteiger partial charge < -0.3 is 10.6 Å². The molecular formula is C12H25ClN4O2. The molecule has 1 aliphatic heterocycles. The summed E-state index contributed by atoms with van der Waals surface area (Å²) < 4.78 is 0.